The number of amides is 1. The van der Waals surface area contributed by atoms with Gasteiger partial charge in [-0.3, -0.25) is 9.52 Å². The van der Waals surface area contributed by atoms with Crippen LogP contribution in [0.4, 0.5) is 23.2 Å². The van der Waals surface area contributed by atoms with Gasteiger partial charge in [-0.05, 0) is 60.2 Å². The molecule has 0 saturated heterocycles. The molecule has 2 N–H and O–H groups in total. The quantitative estimate of drug-likeness (QED) is 0.340. The fraction of sp³-hybridized carbons (Fsp3) is 0.174. The van der Waals surface area contributed by atoms with E-state index in [1.807, 2.05) is 0 Å². The van der Waals surface area contributed by atoms with Gasteiger partial charge in [-0.25, -0.2) is 12.8 Å². The number of carbonyl (C=O) groups is 1. The van der Waals surface area contributed by atoms with Crippen LogP contribution in [0.15, 0.2) is 77.7 Å². The molecule has 180 valence electrons. The van der Waals surface area contributed by atoms with Crippen molar-refractivity contribution in [3.8, 4) is 5.75 Å². The van der Waals surface area contributed by atoms with E-state index < -0.39 is 27.6 Å². The maximum Gasteiger partial charge on any atom is 0.416 e. The van der Waals surface area contributed by atoms with Gasteiger partial charge >= 0.3 is 6.18 Å². The average molecular weight is 496 g/mol. The van der Waals surface area contributed by atoms with Crippen molar-refractivity contribution in [3.63, 3.8) is 0 Å². The maximum absolute atomic E-state index is 13.0. The Kier molecular flexibility index (Phi) is 7.77. The van der Waals surface area contributed by atoms with Crippen molar-refractivity contribution >= 4 is 21.6 Å². The zero-order chi connectivity index (χ0) is 24.8. The molecule has 0 bridgehead atoms. The normalized spacial score (nSPS) is 11.6. The van der Waals surface area contributed by atoms with Crippen LogP contribution in [0.2, 0.25) is 0 Å². The first kappa shape index (κ1) is 25.0. The van der Waals surface area contributed by atoms with Crippen LogP contribution in [0.1, 0.15) is 11.1 Å². The minimum Gasteiger partial charge on any atom is -0.492 e. The molecule has 3 aromatic rings. The summed E-state index contributed by atoms with van der Waals surface area (Å²) in [6.45, 7) is 0.0712. The summed E-state index contributed by atoms with van der Waals surface area (Å²) in [5.74, 6) is -0.848. The molecule has 0 spiro atoms. The van der Waals surface area contributed by atoms with Crippen molar-refractivity contribution in [2.45, 2.75) is 17.5 Å². The molecule has 0 saturated carbocycles. The number of nitrogens with one attached hydrogen (secondary N) is 2. The van der Waals surface area contributed by atoms with E-state index in [9.17, 15) is 30.8 Å². The Balaban J connectivity index is 1.45. The Hall–Kier alpha value is -3.60. The fourth-order valence-electron chi connectivity index (χ4n) is 2.89. The minimum atomic E-state index is -4.47. The first-order valence-corrected chi connectivity index (χ1v) is 11.5. The lowest BCUT2D eigenvalue weighted by Gasteiger charge is -2.11. The number of benzene rings is 3. The van der Waals surface area contributed by atoms with Gasteiger partial charge in [-0.15, -0.1) is 0 Å². The summed E-state index contributed by atoms with van der Waals surface area (Å²) in [4.78, 5) is 12.0. The summed E-state index contributed by atoms with van der Waals surface area (Å²) in [6.07, 6.45) is -4.46. The van der Waals surface area contributed by atoms with E-state index in [-0.39, 0.29) is 41.8 Å². The van der Waals surface area contributed by atoms with E-state index in [4.69, 9.17) is 4.74 Å². The van der Waals surface area contributed by atoms with Crippen LogP contribution < -0.4 is 14.8 Å². The number of sulfonamides is 1. The van der Waals surface area contributed by atoms with Gasteiger partial charge in [0.25, 0.3) is 10.0 Å². The largest absolute Gasteiger partial charge is 0.492 e. The van der Waals surface area contributed by atoms with Gasteiger partial charge in [-0.2, -0.15) is 13.2 Å². The van der Waals surface area contributed by atoms with Crippen LogP contribution in [0, 0.1) is 5.82 Å². The molecule has 34 heavy (non-hydrogen) atoms. The van der Waals surface area contributed by atoms with Crippen LogP contribution in [-0.2, 0) is 27.4 Å². The first-order valence-electron chi connectivity index (χ1n) is 9.97. The molecule has 0 aliphatic carbocycles. The lowest BCUT2D eigenvalue weighted by molar-refractivity contribution is -0.137. The Morgan fingerprint density at radius 2 is 1.62 bits per heavy atom. The molecule has 0 aliphatic rings. The second-order valence-electron chi connectivity index (χ2n) is 7.16. The van der Waals surface area contributed by atoms with Crippen LogP contribution in [0.25, 0.3) is 0 Å². The summed E-state index contributed by atoms with van der Waals surface area (Å²) < 4.78 is 83.4. The average Bonchev–Trinajstić information content (AvgIpc) is 2.78. The molecule has 1 amide bonds. The number of hydrogen-bond acceptors (Lipinski definition) is 4. The molecule has 0 heterocycles. The number of anilines is 1. The van der Waals surface area contributed by atoms with Crippen molar-refractivity contribution < 1.29 is 35.5 Å². The molecule has 3 rings (SSSR count). The standard InChI is InChI=1S/C23H20F4N2O4S/c24-18-6-10-21(11-7-18)34(31,32)29-19-8-4-16(5-9-19)14-22(30)28-12-13-33-20-3-1-2-17(15-20)23(25,26)27/h1-11,15,29H,12-14H2,(H,28,30). The van der Waals surface area contributed by atoms with Gasteiger partial charge in [0.1, 0.15) is 18.2 Å². The number of rotatable bonds is 9. The Bertz CT molecular complexity index is 1230. The molecular weight excluding hydrogens is 476 g/mol. The third-order valence-corrected chi connectivity index (χ3v) is 5.95. The van der Waals surface area contributed by atoms with E-state index in [0.29, 0.717) is 5.56 Å². The van der Waals surface area contributed by atoms with Gasteiger partial charge in [0, 0.05) is 5.69 Å². The molecule has 0 unspecified atom stereocenters. The summed E-state index contributed by atoms with van der Waals surface area (Å²) in [6, 6.07) is 14.9. The zero-order valence-electron chi connectivity index (χ0n) is 17.6. The van der Waals surface area contributed by atoms with Gasteiger partial charge in [-0.1, -0.05) is 18.2 Å². The second-order valence-corrected chi connectivity index (χ2v) is 8.84. The Morgan fingerprint density at radius 3 is 2.26 bits per heavy atom. The van der Waals surface area contributed by atoms with E-state index >= 15 is 0 Å². The molecule has 0 aromatic heterocycles. The zero-order valence-corrected chi connectivity index (χ0v) is 18.4. The number of ether oxygens (including phenoxy) is 1. The van der Waals surface area contributed by atoms with Gasteiger partial charge < -0.3 is 10.1 Å². The molecular formula is C23H20F4N2O4S. The van der Waals surface area contributed by atoms with Gasteiger partial charge in [0.2, 0.25) is 5.91 Å². The second kappa shape index (κ2) is 10.6. The van der Waals surface area contributed by atoms with Gasteiger partial charge in [0.05, 0.1) is 23.4 Å². The van der Waals surface area contributed by atoms with E-state index in [0.717, 1.165) is 36.4 Å². The molecule has 6 nitrogen and oxygen atoms in total. The predicted molar refractivity (Wildman–Crippen MR) is 117 cm³/mol. The van der Waals surface area contributed by atoms with Crippen molar-refractivity contribution in [1.82, 2.24) is 5.32 Å². The third kappa shape index (κ3) is 7.20. The molecule has 0 fully saturated rings. The number of alkyl halides is 3. The molecule has 0 aliphatic heterocycles. The van der Waals surface area contributed by atoms with Gasteiger partial charge in [0.15, 0.2) is 0 Å². The summed E-state index contributed by atoms with van der Waals surface area (Å²) in [7, 11) is -3.89. The highest BCUT2D eigenvalue weighted by Gasteiger charge is 2.30. The van der Waals surface area contributed by atoms with E-state index in [1.165, 1.54) is 24.3 Å². The van der Waals surface area contributed by atoms with Crippen molar-refractivity contribution in [3.05, 3.63) is 89.7 Å². The van der Waals surface area contributed by atoms with Crippen molar-refractivity contribution in [1.29, 1.82) is 0 Å². The summed E-state index contributed by atoms with van der Waals surface area (Å²) >= 11 is 0. The highest BCUT2D eigenvalue weighted by atomic mass is 32.2. The Morgan fingerprint density at radius 1 is 0.941 bits per heavy atom. The highest BCUT2D eigenvalue weighted by molar-refractivity contribution is 7.92. The van der Waals surface area contributed by atoms with E-state index in [2.05, 4.69) is 10.0 Å². The molecule has 11 heteroatoms. The Labute approximate surface area is 193 Å². The third-order valence-electron chi connectivity index (χ3n) is 4.55. The fourth-order valence-corrected chi connectivity index (χ4v) is 3.95. The van der Waals surface area contributed by atoms with Crippen molar-refractivity contribution in [2.75, 3.05) is 17.9 Å². The SMILES string of the molecule is O=C(Cc1ccc(NS(=O)(=O)c2ccc(F)cc2)cc1)NCCOc1cccc(C(F)(F)F)c1. The minimum absolute atomic E-state index is 0.00848. The lowest BCUT2D eigenvalue weighted by atomic mass is 10.1. The van der Waals surface area contributed by atoms with E-state index in [1.54, 1.807) is 12.1 Å². The number of halogens is 4. The molecule has 0 radical (unpaired) electrons. The molecule has 0 atom stereocenters. The monoisotopic (exact) mass is 496 g/mol. The number of carbonyl (C=O) groups excluding carboxylic acids is 1. The highest BCUT2D eigenvalue weighted by Crippen LogP contribution is 2.31. The molecule has 3 aromatic carbocycles. The topological polar surface area (TPSA) is 84.5 Å². The van der Waals surface area contributed by atoms with Crippen molar-refractivity contribution in [2.24, 2.45) is 0 Å². The summed E-state index contributed by atoms with van der Waals surface area (Å²) in [5.41, 5.74) is 0.0569. The van der Waals surface area contributed by atoms with Crippen LogP contribution >= 0.6 is 0 Å². The number of hydrogen-bond donors (Lipinski definition) is 2. The van der Waals surface area contributed by atoms with Crippen LogP contribution in [0.5, 0.6) is 5.75 Å². The summed E-state index contributed by atoms with van der Waals surface area (Å²) in [5, 5.41) is 2.60. The lowest BCUT2D eigenvalue weighted by Crippen LogP contribution is -2.29. The maximum atomic E-state index is 13.0. The van der Waals surface area contributed by atoms with Crippen LogP contribution in [-0.4, -0.2) is 27.5 Å². The smallest absolute Gasteiger partial charge is 0.416 e. The van der Waals surface area contributed by atoms with Crippen LogP contribution in [0.3, 0.4) is 0 Å². The predicted octanol–water partition coefficient (Wildman–Crippen LogP) is 4.38. The first-order chi connectivity index (χ1) is 16.0.